The molecule has 16 heavy (non-hydrogen) atoms. The first-order chi connectivity index (χ1) is 7.84. The van der Waals surface area contributed by atoms with E-state index in [9.17, 15) is 4.79 Å². The Kier molecular flexibility index (Phi) is 4.60. The van der Waals surface area contributed by atoms with Gasteiger partial charge in [-0.2, -0.15) is 0 Å². The van der Waals surface area contributed by atoms with E-state index in [0.717, 1.165) is 39.1 Å². The summed E-state index contributed by atoms with van der Waals surface area (Å²) in [5.74, 6) is 0.831. The molecule has 0 aromatic carbocycles. The molecule has 0 aromatic rings. The topological polar surface area (TPSA) is 50.4 Å². The molecule has 1 saturated heterocycles. The number of amides is 1. The van der Waals surface area contributed by atoms with Crippen LogP contribution in [0, 0.1) is 5.92 Å². The van der Waals surface area contributed by atoms with E-state index in [0.29, 0.717) is 18.4 Å². The largest absolute Gasteiger partial charge is 0.381 e. The summed E-state index contributed by atoms with van der Waals surface area (Å²) in [6.07, 6.45) is 5.38. The van der Waals surface area contributed by atoms with E-state index in [-0.39, 0.29) is 5.91 Å². The predicted molar refractivity (Wildman–Crippen MR) is 62.2 cm³/mol. The van der Waals surface area contributed by atoms with Gasteiger partial charge in [0.1, 0.15) is 0 Å². The summed E-state index contributed by atoms with van der Waals surface area (Å²) in [5, 5.41) is 6.31. The molecule has 2 fully saturated rings. The van der Waals surface area contributed by atoms with Gasteiger partial charge in [-0.25, -0.2) is 0 Å². The maximum Gasteiger partial charge on any atom is 0.221 e. The van der Waals surface area contributed by atoms with E-state index in [1.165, 1.54) is 12.8 Å². The van der Waals surface area contributed by atoms with Crippen LogP contribution in [0.15, 0.2) is 0 Å². The Hall–Kier alpha value is -0.610. The number of carbonyl (C=O) groups is 1. The molecule has 1 aliphatic heterocycles. The highest BCUT2D eigenvalue weighted by Crippen LogP contribution is 2.18. The molecule has 1 saturated carbocycles. The smallest absolute Gasteiger partial charge is 0.221 e. The molecule has 0 aromatic heterocycles. The van der Waals surface area contributed by atoms with Crippen molar-refractivity contribution in [3.05, 3.63) is 0 Å². The minimum Gasteiger partial charge on any atom is -0.381 e. The highest BCUT2D eigenvalue weighted by atomic mass is 16.5. The van der Waals surface area contributed by atoms with Crippen molar-refractivity contribution in [2.24, 2.45) is 5.92 Å². The molecule has 4 heteroatoms. The van der Waals surface area contributed by atoms with E-state index in [2.05, 4.69) is 10.6 Å². The van der Waals surface area contributed by atoms with E-state index in [1.54, 1.807) is 0 Å². The van der Waals surface area contributed by atoms with Crippen LogP contribution < -0.4 is 10.6 Å². The fourth-order valence-electron chi connectivity index (χ4n) is 1.99. The van der Waals surface area contributed by atoms with Crippen LogP contribution in [-0.4, -0.2) is 38.3 Å². The molecule has 2 aliphatic rings. The third kappa shape index (κ3) is 4.49. The van der Waals surface area contributed by atoms with Crippen molar-refractivity contribution in [1.29, 1.82) is 0 Å². The van der Waals surface area contributed by atoms with Gasteiger partial charge in [-0.3, -0.25) is 4.79 Å². The van der Waals surface area contributed by atoms with Crippen molar-refractivity contribution in [2.45, 2.75) is 38.1 Å². The lowest BCUT2D eigenvalue weighted by Gasteiger charge is -2.09. The van der Waals surface area contributed by atoms with Crippen molar-refractivity contribution < 1.29 is 9.53 Å². The van der Waals surface area contributed by atoms with Crippen LogP contribution in [-0.2, 0) is 9.53 Å². The summed E-state index contributed by atoms with van der Waals surface area (Å²) in [4.78, 5) is 11.4. The molecule has 1 aliphatic carbocycles. The molecule has 0 bridgehead atoms. The molecule has 1 heterocycles. The molecule has 1 unspecified atom stereocenters. The molecule has 4 nitrogen and oxygen atoms in total. The second-order valence-corrected chi connectivity index (χ2v) is 4.85. The minimum atomic E-state index is 0.173. The molecule has 1 amide bonds. The van der Waals surface area contributed by atoms with Crippen LogP contribution in [0.2, 0.25) is 0 Å². The maximum atomic E-state index is 11.4. The van der Waals surface area contributed by atoms with Gasteiger partial charge in [0.25, 0.3) is 0 Å². The fraction of sp³-hybridized carbons (Fsp3) is 0.917. The van der Waals surface area contributed by atoms with Crippen LogP contribution >= 0.6 is 0 Å². The highest BCUT2D eigenvalue weighted by molar-refractivity contribution is 5.76. The van der Waals surface area contributed by atoms with E-state index in [1.807, 2.05) is 0 Å². The Morgan fingerprint density at radius 2 is 2.12 bits per heavy atom. The lowest BCUT2D eigenvalue weighted by molar-refractivity contribution is -0.121. The van der Waals surface area contributed by atoms with E-state index < -0.39 is 0 Å². The predicted octanol–water partition coefficient (Wildman–Crippen LogP) is 0.671. The van der Waals surface area contributed by atoms with Gasteiger partial charge < -0.3 is 15.4 Å². The normalized spacial score (nSPS) is 24.6. The lowest BCUT2D eigenvalue weighted by atomic mass is 10.1. The standard InChI is InChI=1S/C12H22N2O2/c15-12(4-7-13-11-1-2-11)14-6-3-10-5-8-16-9-10/h10-11,13H,1-9H2,(H,14,15). The first kappa shape index (κ1) is 11.9. The zero-order valence-electron chi connectivity index (χ0n) is 9.84. The van der Waals surface area contributed by atoms with Crippen molar-refractivity contribution in [2.75, 3.05) is 26.3 Å². The SMILES string of the molecule is O=C(CCNC1CC1)NCCC1CCOC1. The van der Waals surface area contributed by atoms with Crippen LogP contribution in [0.25, 0.3) is 0 Å². The van der Waals surface area contributed by atoms with E-state index >= 15 is 0 Å². The summed E-state index contributed by atoms with van der Waals surface area (Å²) < 4.78 is 5.29. The Labute approximate surface area is 97.1 Å². The average Bonchev–Trinajstić information content (AvgIpc) is 2.94. The lowest BCUT2D eigenvalue weighted by Crippen LogP contribution is -2.29. The molecule has 92 valence electrons. The number of hydrogen-bond donors (Lipinski definition) is 2. The summed E-state index contributed by atoms with van der Waals surface area (Å²) in [5.41, 5.74) is 0. The maximum absolute atomic E-state index is 11.4. The molecular weight excluding hydrogens is 204 g/mol. The quantitative estimate of drug-likeness (QED) is 0.671. The van der Waals surface area contributed by atoms with Crippen molar-refractivity contribution >= 4 is 5.91 Å². The van der Waals surface area contributed by atoms with Crippen LogP contribution in [0.3, 0.4) is 0 Å². The van der Waals surface area contributed by atoms with Gasteiger partial charge in [0.2, 0.25) is 5.91 Å². The molecule has 0 radical (unpaired) electrons. The second kappa shape index (κ2) is 6.21. The molecular formula is C12H22N2O2. The minimum absolute atomic E-state index is 0.173. The average molecular weight is 226 g/mol. The van der Waals surface area contributed by atoms with Gasteiger partial charge in [-0.05, 0) is 31.6 Å². The van der Waals surface area contributed by atoms with Crippen molar-refractivity contribution in [1.82, 2.24) is 10.6 Å². The van der Waals surface area contributed by atoms with Crippen LogP contribution in [0.5, 0.6) is 0 Å². The summed E-state index contributed by atoms with van der Waals surface area (Å²) in [6, 6.07) is 0.698. The molecule has 1 atom stereocenters. The Balaban J connectivity index is 1.43. The van der Waals surface area contributed by atoms with Crippen molar-refractivity contribution in [3.8, 4) is 0 Å². The van der Waals surface area contributed by atoms with Gasteiger partial charge in [0.05, 0.1) is 0 Å². The summed E-state index contributed by atoms with van der Waals surface area (Å²) in [7, 11) is 0. The first-order valence-electron chi connectivity index (χ1n) is 6.42. The second-order valence-electron chi connectivity index (χ2n) is 4.85. The van der Waals surface area contributed by atoms with Gasteiger partial charge in [0, 0.05) is 38.8 Å². The monoisotopic (exact) mass is 226 g/mol. The van der Waals surface area contributed by atoms with Gasteiger partial charge >= 0.3 is 0 Å². The molecule has 2 N–H and O–H groups in total. The zero-order valence-corrected chi connectivity index (χ0v) is 9.84. The zero-order chi connectivity index (χ0) is 11.2. The summed E-state index contributed by atoms with van der Waals surface area (Å²) in [6.45, 7) is 3.39. The van der Waals surface area contributed by atoms with Gasteiger partial charge in [-0.15, -0.1) is 0 Å². The Morgan fingerprint density at radius 1 is 1.25 bits per heavy atom. The van der Waals surface area contributed by atoms with Crippen LogP contribution in [0.1, 0.15) is 32.1 Å². The van der Waals surface area contributed by atoms with Gasteiger partial charge in [-0.1, -0.05) is 0 Å². The molecule has 0 spiro atoms. The molecule has 2 rings (SSSR count). The number of nitrogens with one attached hydrogen (secondary N) is 2. The fourth-order valence-corrected chi connectivity index (χ4v) is 1.99. The third-order valence-corrected chi connectivity index (χ3v) is 3.26. The highest BCUT2D eigenvalue weighted by Gasteiger charge is 2.20. The third-order valence-electron chi connectivity index (χ3n) is 3.26. The van der Waals surface area contributed by atoms with Crippen molar-refractivity contribution in [3.63, 3.8) is 0 Å². The number of hydrogen-bond acceptors (Lipinski definition) is 3. The number of carbonyl (C=O) groups excluding carboxylic acids is 1. The first-order valence-corrected chi connectivity index (χ1v) is 6.42. The Morgan fingerprint density at radius 3 is 2.81 bits per heavy atom. The Bertz CT molecular complexity index is 223. The van der Waals surface area contributed by atoms with Gasteiger partial charge in [0.15, 0.2) is 0 Å². The summed E-state index contributed by atoms with van der Waals surface area (Å²) >= 11 is 0. The number of rotatable bonds is 7. The number of ether oxygens (including phenoxy) is 1. The van der Waals surface area contributed by atoms with E-state index in [4.69, 9.17) is 4.74 Å². The van der Waals surface area contributed by atoms with Crippen LogP contribution in [0.4, 0.5) is 0 Å².